The van der Waals surface area contributed by atoms with Crippen LogP contribution in [0.1, 0.15) is 64.7 Å². The van der Waals surface area contributed by atoms with Gasteiger partial charge >= 0.3 is 5.97 Å². The molecule has 0 spiro atoms. The van der Waals surface area contributed by atoms with Gasteiger partial charge in [-0.25, -0.2) is 0 Å². The number of benzene rings is 1. The highest BCUT2D eigenvalue weighted by Gasteiger charge is 2.30. The van der Waals surface area contributed by atoms with Gasteiger partial charge in [0.25, 0.3) is 0 Å². The van der Waals surface area contributed by atoms with E-state index in [0.717, 1.165) is 29.5 Å². The summed E-state index contributed by atoms with van der Waals surface area (Å²) in [6.45, 7) is 2.34. The molecule has 3 nitrogen and oxygen atoms in total. The Balaban J connectivity index is 1.42. The lowest BCUT2D eigenvalue weighted by molar-refractivity contribution is -0.143. The van der Waals surface area contributed by atoms with Crippen molar-refractivity contribution < 1.29 is 14.3 Å². The fourth-order valence-corrected chi connectivity index (χ4v) is 3.30. The van der Waals surface area contributed by atoms with Crippen molar-refractivity contribution >= 4 is 17.6 Å². The molecule has 0 unspecified atom stereocenters. The van der Waals surface area contributed by atoms with Gasteiger partial charge in [-0.05, 0) is 56.4 Å². The molecule has 1 aromatic carbocycles. The first-order valence-corrected chi connectivity index (χ1v) is 9.63. The van der Waals surface area contributed by atoms with Crippen LogP contribution in [-0.2, 0) is 9.53 Å². The number of hydrogen-bond acceptors (Lipinski definition) is 3. The molecule has 4 heteroatoms. The summed E-state index contributed by atoms with van der Waals surface area (Å²) in [4.78, 5) is 11.2. The van der Waals surface area contributed by atoms with Crippen molar-refractivity contribution in [3.63, 3.8) is 0 Å². The van der Waals surface area contributed by atoms with Gasteiger partial charge in [-0.15, -0.1) is 0 Å². The van der Waals surface area contributed by atoms with Crippen LogP contribution in [-0.4, -0.2) is 18.7 Å². The van der Waals surface area contributed by atoms with Gasteiger partial charge in [0.15, 0.2) is 0 Å². The van der Waals surface area contributed by atoms with Crippen LogP contribution in [0.3, 0.4) is 0 Å². The maximum atomic E-state index is 11.2. The molecular weight excluding hydrogens is 324 g/mol. The van der Waals surface area contributed by atoms with E-state index < -0.39 is 0 Å². The molecule has 1 fully saturated rings. The molecule has 1 saturated carbocycles. The topological polar surface area (TPSA) is 35.5 Å². The van der Waals surface area contributed by atoms with Crippen LogP contribution < -0.4 is 4.74 Å². The molecule has 0 heterocycles. The third-order valence-electron chi connectivity index (χ3n) is 4.61. The minimum Gasteiger partial charge on any atom is -0.490 e. The zero-order valence-electron chi connectivity index (χ0n) is 14.6. The lowest BCUT2D eigenvalue weighted by Gasteiger charge is -2.35. The third kappa shape index (κ3) is 7.12. The van der Waals surface area contributed by atoms with Crippen LogP contribution >= 0.6 is 11.6 Å². The van der Waals surface area contributed by atoms with Gasteiger partial charge < -0.3 is 9.47 Å². The largest absolute Gasteiger partial charge is 0.490 e. The summed E-state index contributed by atoms with van der Waals surface area (Å²) in [6.07, 6.45) is 10.5. The molecule has 1 aromatic rings. The predicted octanol–water partition coefficient (Wildman–Crippen LogP) is 5.79. The fourth-order valence-electron chi connectivity index (χ4n) is 3.18. The summed E-state index contributed by atoms with van der Waals surface area (Å²) < 4.78 is 10.9. The lowest BCUT2D eigenvalue weighted by Crippen LogP contribution is -2.33. The van der Waals surface area contributed by atoms with Crippen molar-refractivity contribution in [2.45, 2.75) is 70.8 Å². The van der Waals surface area contributed by atoms with Crippen LogP contribution in [0.5, 0.6) is 5.75 Å². The van der Waals surface area contributed by atoms with Gasteiger partial charge in [0, 0.05) is 11.4 Å². The maximum absolute atomic E-state index is 11.2. The van der Waals surface area contributed by atoms with E-state index in [0.29, 0.717) is 19.1 Å². The molecule has 0 bridgehead atoms. The van der Waals surface area contributed by atoms with Crippen LogP contribution in [0, 0.1) is 5.92 Å². The second kappa shape index (κ2) is 10.6. The first kappa shape index (κ1) is 19.1. The number of halogens is 1. The number of hydrogen-bond donors (Lipinski definition) is 0. The highest BCUT2D eigenvalue weighted by molar-refractivity contribution is 6.30. The van der Waals surface area contributed by atoms with Gasteiger partial charge in [0.1, 0.15) is 5.75 Å². The molecule has 0 atom stereocenters. The van der Waals surface area contributed by atoms with Crippen molar-refractivity contribution in [2.75, 3.05) is 6.61 Å². The fraction of sp³-hybridized carbons (Fsp3) is 0.650. The van der Waals surface area contributed by atoms with E-state index in [4.69, 9.17) is 21.1 Å². The van der Waals surface area contributed by atoms with Gasteiger partial charge in [0.2, 0.25) is 0 Å². The molecule has 2 rings (SSSR count). The van der Waals surface area contributed by atoms with Crippen molar-refractivity contribution in [2.24, 2.45) is 5.92 Å². The number of carbonyl (C=O) groups excluding carboxylic acids is 1. The standard InChI is InChI=1S/C20H29ClO3/c1-2-23-20(22)9-7-5-3-4-6-8-16-14-19(15-16)24-18-12-10-17(21)11-13-18/h10-13,16,19H,2-9,14-15H2,1H3. The molecule has 1 aliphatic carbocycles. The molecule has 1 aliphatic rings. The Morgan fingerprint density at radius 3 is 2.46 bits per heavy atom. The highest BCUT2D eigenvalue weighted by atomic mass is 35.5. The second-order valence-electron chi connectivity index (χ2n) is 6.64. The van der Waals surface area contributed by atoms with Crippen molar-refractivity contribution in [3.05, 3.63) is 29.3 Å². The first-order valence-electron chi connectivity index (χ1n) is 9.25. The SMILES string of the molecule is CCOC(=O)CCCCCCCC1CC(Oc2ccc(Cl)cc2)C1. The van der Waals surface area contributed by atoms with Gasteiger partial charge in [0.05, 0.1) is 12.7 Å². The molecule has 134 valence electrons. The summed E-state index contributed by atoms with van der Waals surface area (Å²) in [7, 11) is 0. The Bertz CT molecular complexity index is 480. The summed E-state index contributed by atoms with van der Waals surface area (Å²) in [5.74, 6) is 1.69. The number of rotatable bonds is 11. The van der Waals surface area contributed by atoms with Crippen molar-refractivity contribution in [1.82, 2.24) is 0 Å². The molecular formula is C20H29ClO3. The van der Waals surface area contributed by atoms with E-state index in [1.807, 2.05) is 31.2 Å². The molecule has 0 radical (unpaired) electrons. The number of ether oxygens (including phenoxy) is 2. The van der Waals surface area contributed by atoms with E-state index in [2.05, 4.69) is 0 Å². The van der Waals surface area contributed by atoms with Crippen LogP contribution in [0.25, 0.3) is 0 Å². The summed E-state index contributed by atoms with van der Waals surface area (Å²) in [5.41, 5.74) is 0. The summed E-state index contributed by atoms with van der Waals surface area (Å²) >= 11 is 5.87. The van der Waals surface area contributed by atoms with E-state index >= 15 is 0 Å². The van der Waals surface area contributed by atoms with E-state index in [-0.39, 0.29) is 5.97 Å². The molecule has 0 aromatic heterocycles. The predicted molar refractivity (Wildman–Crippen MR) is 97.5 cm³/mol. The third-order valence-corrected chi connectivity index (χ3v) is 4.86. The Morgan fingerprint density at radius 2 is 1.75 bits per heavy atom. The van der Waals surface area contributed by atoms with E-state index in [1.165, 1.54) is 38.5 Å². The van der Waals surface area contributed by atoms with Crippen molar-refractivity contribution in [3.8, 4) is 5.75 Å². The van der Waals surface area contributed by atoms with Gasteiger partial charge in [-0.2, -0.15) is 0 Å². The van der Waals surface area contributed by atoms with Crippen LogP contribution in [0.4, 0.5) is 0 Å². The molecule has 0 N–H and O–H groups in total. The normalized spacial score (nSPS) is 19.6. The average Bonchev–Trinajstić information content (AvgIpc) is 2.53. The van der Waals surface area contributed by atoms with Crippen LogP contribution in [0.15, 0.2) is 24.3 Å². The van der Waals surface area contributed by atoms with Crippen LogP contribution in [0.2, 0.25) is 5.02 Å². The average molecular weight is 353 g/mol. The number of unbranched alkanes of at least 4 members (excludes halogenated alkanes) is 4. The Labute approximate surface area is 150 Å². The summed E-state index contributed by atoms with van der Waals surface area (Å²) in [6, 6.07) is 7.61. The van der Waals surface area contributed by atoms with Gasteiger partial charge in [-0.1, -0.05) is 43.7 Å². The monoisotopic (exact) mass is 352 g/mol. The number of carbonyl (C=O) groups is 1. The zero-order valence-corrected chi connectivity index (χ0v) is 15.4. The second-order valence-corrected chi connectivity index (χ2v) is 7.08. The molecule has 0 saturated heterocycles. The maximum Gasteiger partial charge on any atom is 0.305 e. The Kier molecular flexibility index (Phi) is 8.44. The Hall–Kier alpha value is -1.22. The zero-order chi connectivity index (χ0) is 17.2. The van der Waals surface area contributed by atoms with E-state index in [9.17, 15) is 4.79 Å². The molecule has 0 aliphatic heterocycles. The molecule has 24 heavy (non-hydrogen) atoms. The van der Waals surface area contributed by atoms with E-state index in [1.54, 1.807) is 0 Å². The quantitative estimate of drug-likeness (QED) is 0.373. The minimum absolute atomic E-state index is 0.0568. The number of esters is 1. The smallest absolute Gasteiger partial charge is 0.305 e. The first-order chi connectivity index (χ1) is 11.7. The van der Waals surface area contributed by atoms with Crippen molar-refractivity contribution in [1.29, 1.82) is 0 Å². The highest BCUT2D eigenvalue weighted by Crippen LogP contribution is 2.35. The molecule has 0 amide bonds. The Morgan fingerprint density at radius 1 is 1.08 bits per heavy atom. The minimum atomic E-state index is -0.0568. The summed E-state index contributed by atoms with van der Waals surface area (Å²) in [5, 5.41) is 0.746. The lowest BCUT2D eigenvalue weighted by atomic mass is 9.79. The van der Waals surface area contributed by atoms with Gasteiger partial charge in [-0.3, -0.25) is 4.79 Å².